The van der Waals surface area contributed by atoms with Gasteiger partial charge in [-0.25, -0.2) is 9.97 Å². The first-order valence-electron chi connectivity index (χ1n) is 7.40. The minimum absolute atomic E-state index is 0.558. The topological polar surface area (TPSA) is 37.8 Å². The summed E-state index contributed by atoms with van der Waals surface area (Å²) in [5.41, 5.74) is 1.96. The fourth-order valence-electron chi connectivity index (χ4n) is 2.27. The van der Waals surface area contributed by atoms with Crippen molar-refractivity contribution in [2.24, 2.45) is 5.92 Å². The maximum absolute atomic E-state index is 4.74. The highest BCUT2D eigenvalue weighted by atomic mass is 79.9. The molecule has 0 radical (unpaired) electrons. The molecular formula is C18H18BrN3. The lowest BCUT2D eigenvalue weighted by molar-refractivity contribution is 0.687. The summed E-state index contributed by atoms with van der Waals surface area (Å²) in [5, 5.41) is 4.51. The molecule has 112 valence electrons. The second kappa shape index (κ2) is 6.44. The van der Waals surface area contributed by atoms with Gasteiger partial charge in [0, 0.05) is 22.0 Å². The molecule has 0 atom stereocenters. The number of nitrogens with one attached hydrogen (secondary N) is 1. The highest BCUT2D eigenvalue weighted by Crippen LogP contribution is 2.26. The smallest absolute Gasteiger partial charge is 0.162 e. The first-order valence-corrected chi connectivity index (χ1v) is 8.19. The van der Waals surface area contributed by atoms with Gasteiger partial charge in [0.1, 0.15) is 5.82 Å². The van der Waals surface area contributed by atoms with Gasteiger partial charge in [0.2, 0.25) is 0 Å². The van der Waals surface area contributed by atoms with Crippen molar-refractivity contribution in [2.45, 2.75) is 13.8 Å². The number of benzene rings is 2. The van der Waals surface area contributed by atoms with E-state index in [2.05, 4.69) is 41.2 Å². The summed E-state index contributed by atoms with van der Waals surface area (Å²) in [4.78, 5) is 9.44. The van der Waals surface area contributed by atoms with Crippen molar-refractivity contribution in [3.63, 3.8) is 0 Å². The number of hydrogen-bond acceptors (Lipinski definition) is 3. The van der Waals surface area contributed by atoms with Crippen molar-refractivity contribution in [2.75, 3.05) is 11.9 Å². The van der Waals surface area contributed by atoms with Crippen LogP contribution >= 0.6 is 15.9 Å². The van der Waals surface area contributed by atoms with E-state index in [1.54, 1.807) is 0 Å². The van der Waals surface area contributed by atoms with Crippen molar-refractivity contribution in [3.8, 4) is 11.4 Å². The van der Waals surface area contributed by atoms with Crippen LogP contribution in [0.5, 0.6) is 0 Å². The minimum Gasteiger partial charge on any atom is -0.369 e. The van der Waals surface area contributed by atoms with Crippen molar-refractivity contribution >= 4 is 32.7 Å². The number of aromatic nitrogens is 2. The van der Waals surface area contributed by atoms with E-state index in [4.69, 9.17) is 9.97 Å². The zero-order valence-electron chi connectivity index (χ0n) is 12.7. The molecule has 0 aliphatic heterocycles. The van der Waals surface area contributed by atoms with Crippen LogP contribution in [0.1, 0.15) is 13.8 Å². The first-order chi connectivity index (χ1) is 10.6. The van der Waals surface area contributed by atoms with Crippen LogP contribution in [-0.4, -0.2) is 16.5 Å². The lowest BCUT2D eigenvalue weighted by atomic mass is 10.1. The average molecular weight is 356 g/mol. The van der Waals surface area contributed by atoms with Crippen LogP contribution in [0.15, 0.2) is 53.0 Å². The number of hydrogen-bond donors (Lipinski definition) is 1. The van der Waals surface area contributed by atoms with Crippen molar-refractivity contribution < 1.29 is 0 Å². The van der Waals surface area contributed by atoms with E-state index >= 15 is 0 Å². The average Bonchev–Trinajstić information content (AvgIpc) is 2.52. The maximum atomic E-state index is 4.74. The Morgan fingerprint density at radius 3 is 2.64 bits per heavy atom. The molecule has 1 N–H and O–H groups in total. The second-order valence-electron chi connectivity index (χ2n) is 5.70. The largest absolute Gasteiger partial charge is 0.369 e. The molecule has 22 heavy (non-hydrogen) atoms. The third kappa shape index (κ3) is 3.28. The molecule has 0 amide bonds. The summed E-state index contributed by atoms with van der Waals surface area (Å²) in [6, 6.07) is 16.2. The summed E-state index contributed by atoms with van der Waals surface area (Å²) < 4.78 is 1.03. The molecular weight excluding hydrogens is 338 g/mol. The lowest BCUT2D eigenvalue weighted by Crippen LogP contribution is -2.10. The molecule has 2 aromatic carbocycles. The summed E-state index contributed by atoms with van der Waals surface area (Å²) in [5.74, 6) is 2.20. The standard InChI is InChI=1S/C18H18BrN3/c1-12(2)11-20-18-15-8-3-4-9-16(15)21-17(22-18)13-6-5-7-14(19)10-13/h3-10,12H,11H2,1-2H3,(H,20,21,22). The zero-order valence-corrected chi connectivity index (χ0v) is 14.3. The molecule has 0 aliphatic carbocycles. The lowest BCUT2D eigenvalue weighted by Gasteiger charge is -2.12. The Morgan fingerprint density at radius 1 is 1.05 bits per heavy atom. The molecule has 1 aromatic heterocycles. The van der Waals surface area contributed by atoms with E-state index in [9.17, 15) is 0 Å². The predicted molar refractivity (Wildman–Crippen MR) is 96.0 cm³/mol. The fraction of sp³-hybridized carbons (Fsp3) is 0.222. The molecule has 3 aromatic rings. The van der Waals surface area contributed by atoms with Gasteiger partial charge in [0.25, 0.3) is 0 Å². The Labute approximate surface area is 138 Å². The number of fused-ring (bicyclic) bond motifs is 1. The van der Waals surface area contributed by atoms with Crippen LogP contribution in [-0.2, 0) is 0 Å². The van der Waals surface area contributed by atoms with Gasteiger partial charge < -0.3 is 5.32 Å². The number of para-hydroxylation sites is 1. The molecule has 0 saturated carbocycles. The van der Waals surface area contributed by atoms with Gasteiger partial charge in [0.15, 0.2) is 5.82 Å². The van der Waals surface area contributed by atoms with Gasteiger partial charge in [-0.15, -0.1) is 0 Å². The van der Waals surface area contributed by atoms with Gasteiger partial charge >= 0.3 is 0 Å². The zero-order chi connectivity index (χ0) is 15.5. The summed E-state index contributed by atoms with van der Waals surface area (Å²) in [6.45, 7) is 5.26. The quantitative estimate of drug-likeness (QED) is 0.704. The molecule has 3 rings (SSSR count). The second-order valence-corrected chi connectivity index (χ2v) is 6.61. The Bertz CT molecular complexity index is 799. The van der Waals surface area contributed by atoms with Crippen LogP contribution in [0.4, 0.5) is 5.82 Å². The van der Waals surface area contributed by atoms with E-state index in [0.29, 0.717) is 5.92 Å². The van der Waals surface area contributed by atoms with Gasteiger partial charge in [-0.05, 0) is 30.2 Å². The molecule has 0 unspecified atom stereocenters. The Kier molecular flexibility index (Phi) is 4.39. The van der Waals surface area contributed by atoms with Crippen molar-refractivity contribution in [1.29, 1.82) is 0 Å². The number of rotatable bonds is 4. The highest BCUT2D eigenvalue weighted by Gasteiger charge is 2.09. The third-order valence-corrected chi connectivity index (χ3v) is 3.86. The molecule has 3 nitrogen and oxygen atoms in total. The Balaban J connectivity index is 2.11. The fourth-order valence-corrected chi connectivity index (χ4v) is 2.67. The van der Waals surface area contributed by atoms with E-state index in [0.717, 1.165) is 39.1 Å². The number of anilines is 1. The molecule has 0 saturated heterocycles. The maximum Gasteiger partial charge on any atom is 0.162 e. The van der Waals surface area contributed by atoms with Crippen molar-refractivity contribution in [1.82, 2.24) is 9.97 Å². The minimum atomic E-state index is 0.558. The SMILES string of the molecule is CC(C)CNc1nc(-c2cccc(Br)c2)nc2ccccc12. The van der Waals surface area contributed by atoms with Crippen molar-refractivity contribution in [3.05, 3.63) is 53.0 Å². The molecule has 0 bridgehead atoms. The summed E-state index contributed by atoms with van der Waals surface area (Å²) in [6.07, 6.45) is 0. The van der Waals surface area contributed by atoms with E-state index < -0.39 is 0 Å². The molecule has 0 fully saturated rings. The van der Waals surface area contributed by atoms with Gasteiger partial charge in [0.05, 0.1) is 5.52 Å². The van der Waals surface area contributed by atoms with Gasteiger partial charge in [-0.2, -0.15) is 0 Å². The third-order valence-electron chi connectivity index (χ3n) is 3.36. The molecule has 0 aliphatic rings. The van der Waals surface area contributed by atoms with Crippen LogP contribution in [0.3, 0.4) is 0 Å². The monoisotopic (exact) mass is 355 g/mol. The summed E-state index contributed by atoms with van der Waals surface area (Å²) >= 11 is 3.51. The molecule has 1 heterocycles. The van der Waals surface area contributed by atoms with Crippen LogP contribution < -0.4 is 5.32 Å². The van der Waals surface area contributed by atoms with E-state index in [1.807, 2.05) is 42.5 Å². The number of halogens is 1. The van der Waals surface area contributed by atoms with Gasteiger partial charge in [-0.3, -0.25) is 0 Å². The molecule has 4 heteroatoms. The van der Waals surface area contributed by atoms with Gasteiger partial charge in [-0.1, -0.05) is 54.0 Å². The predicted octanol–water partition coefficient (Wildman–Crippen LogP) is 5.13. The van der Waals surface area contributed by atoms with E-state index in [1.165, 1.54) is 0 Å². The normalized spacial score (nSPS) is 11.1. The Hall–Kier alpha value is -1.94. The highest BCUT2D eigenvalue weighted by molar-refractivity contribution is 9.10. The Morgan fingerprint density at radius 2 is 1.86 bits per heavy atom. The van der Waals surface area contributed by atoms with Crippen LogP contribution in [0.25, 0.3) is 22.3 Å². The van der Waals surface area contributed by atoms with Crippen LogP contribution in [0.2, 0.25) is 0 Å². The number of nitrogens with zero attached hydrogens (tertiary/aromatic N) is 2. The molecule has 0 spiro atoms. The van der Waals surface area contributed by atoms with E-state index in [-0.39, 0.29) is 0 Å². The summed E-state index contributed by atoms with van der Waals surface area (Å²) in [7, 11) is 0. The first kappa shape index (κ1) is 15.0. The van der Waals surface area contributed by atoms with Crippen LogP contribution in [0, 0.1) is 5.92 Å².